The number of para-hydroxylation sites is 1. The monoisotopic (exact) mass is 441 g/mol. The number of amides is 1. The Morgan fingerprint density at radius 1 is 0.879 bits per heavy atom. The largest absolute Gasteiger partial charge is 0.454 e. The number of rotatable bonds is 4. The van der Waals surface area contributed by atoms with Gasteiger partial charge < -0.3 is 23.8 Å². The predicted octanol–water partition coefficient (Wildman–Crippen LogP) is 3.18. The van der Waals surface area contributed by atoms with Gasteiger partial charge in [-0.15, -0.1) is 10.2 Å². The van der Waals surface area contributed by atoms with Gasteiger partial charge in [-0.2, -0.15) is 0 Å². The van der Waals surface area contributed by atoms with E-state index in [0.29, 0.717) is 19.6 Å². The number of benzene rings is 2. The van der Waals surface area contributed by atoms with Gasteiger partial charge in [-0.3, -0.25) is 4.79 Å². The first-order valence-electron chi connectivity index (χ1n) is 11.0. The summed E-state index contributed by atoms with van der Waals surface area (Å²) < 4.78 is 12.8. The average molecular weight is 441 g/mol. The zero-order valence-electron chi connectivity index (χ0n) is 18.1. The average Bonchev–Trinajstić information content (AvgIpc) is 3.51. The first-order chi connectivity index (χ1) is 16.2. The number of ether oxygens (including phenoxy) is 2. The zero-order chi connectivity index (χ0) is 22.2. The van der Waals surface area contributed by atoms with Crippen LogP contribution in [-0.4, -0.2) is 58.5 Å². The maximum absolute atomic E-state index is 12.9. The standard InChI is InChI=1S/C25H23N5O3/c31-25(16-30-10-9-18-3-1-2-4-21(18)30)29-13-11-28(12-14-29)24-8-6-20(26-27-24)19-5-7-22-23(15-19)33-17-32-22/h1-10,15H,11-14,16-17H2. The molecule has 0 N–H and O–H groups in total. The highest BCUT2D eigenvalue weighted by Gasteiger charge is 2.23. The Kier molecular flexibility index (Phi) is 4.83. The summed E-state index contributed by atoms with van der Waals surface area (Å²) in [4.78, 5) is 17.0. The van der Waals surface area contributed by atoms with Crippen LogP contribution in [0.5, 0.6) is 11.5 Å². The van der Waals surface area contributed by atoms with Crippen LogP contribution < -0.4 is 14.4 Å². The van der Waals surface area contributed by atoms with E-state index in [9.17, 15) is 4.79 Å². The predicted molar refractivity (Wildman–Crippen MR) is 124 cm³/mol. The third-order valence-electron chi connectivity index (χ3n) is 6.26. The summed E-state index contributed by atoms with van der Waals surface area (Å²) in [5.41, 5.74) is 2.80. The smallest absolute Gasteiger partial charge is 0.242 e. The lowest BCUT2D eigenvalue weighted by Gasteiger charge is -2.35. The SMILES string of the molecule is O=C(Cn1ccc2ccccc21)N1CCN(c2ccc(-c3ccc4c(c3)OCO4)nn2)CC1. The Labute approximate surface area is 191 Å². The fraction of sp³-hybridized carbons (Fsp3) is 0.240. The Morgan fingerprint density at radius 3 is 2.58 bits per heavy atom. The van der Waals surface area contributed by atoms with E-state index >= 15 is 0 Å². The Balaban J connectivity index is 1.08. The van der Waals surface area contributed by atoms with Gasteiger partial charge in [0.15, 0.2) is 17.3 Å². The fourth-order valence-corrected chi connectivity index (χ4v) is 4.41. The number of carbonyl (C=O) groups is 1. The van der Waals surface area contributed by atoms with Crippen molar-refractivity contribution in [2.24, 2.45) is 0 Å². The van der Waals surface area contributed by atoms with Gasteiger partial charge >= 0.3 is 0 Å². The molecular weight excluding hydrogens is 418 g/mol. The van der Waals surface area contributed by atoms with Crippen molar-refractivity contribution >= 4 is 22.6 Å². The van der Waals surface area contributed by atoms with Crippen molar-refractivity contribution in [3.05, 3.63) is 66.9 Å². The summed E-state index contributed by atoms with van der Waals surface area (Å²) in [7, 11) is 0. The summed E-state index contributed by atoms with van der Waals surface area (Å²) in [6.07, 6.45) is 1.98. The molecule has 1 fully saturated rings. The number of carbonyl (C=O) groups excluding carboxylic acids is 1. The van der Waals surface area contributed by atoms with Crippen LogP contribution in [-0.2, 0) is 11.3 Å². The molecule has 0 atom stereocenters. The molecule has 2 aliphatic heterocycles. The summed E-state index contributed by atoms with van der Waals surface area (Å²) in [5, 5.41) is 9.99. The molecule has 8 heteroatoms. The lowest BCUT2D eigenvalue weighted by atomic mass is 10.1. The molecule has 0 saturated carbocycles. The van der Waals surface area contributed by atoms with E-state index in [1.54, 1.807) is 0 Å². The lowest BCUT2D eigenvalue weighted by molar-refractivity contribution is -0.132. The summed E-state index contributed by atoms with van der Waals surface area (Å²) >= 11 is 0. The normalized spacial score (nSPS) is 15.3. The van der Waals surface area contributed by atoms with Crippen LogP contribution in [0.15, 0.2) is 66.9 Å². The van der Waals surface area contributed by atoms with E-state index in [4.69, 9.17) is 9.47 Å². The maximum atomic E-state index is 12.9. The van der Waals surface area contributed by atoms with Crippen LogP contribution in [0.4, 0.5) is 5.82 Å². The number of hydrogen-bond donors (Lipinski definition) is 0. The molecule has 4 aromatic rings. The van der Waals surface area contributed by atoms with Crippen LogP contribution in [0.2, 0.25) is 0 Å². The highest BCUT2D eigenvalue weighted by Crippen LogP contribution is 2.35. The van der Waals surface area contributed by atoms with Crippen LogP contribution in [0.3, 0.4) is 0 Å². The van der Waals surface area contributed by atoms with E-state index in [-0.39, 0.29) is 12.7 Å². The zero-order valence-corrected chi connectivity index (χ0v) is 18.1. The molecule has 0 spiro atoms. The number of piperazine rings is 1. The molecule has 0 aliphatic carbocycles. The molecule has 0 bridgehead atoms. The Hall–Kier alpha value is -4.07. The number of hydrogen-bond acceptors (Lipinski definition) is 6. The van der Waals surface area contributed by atoms with Crippen LogP contribution in [0, 0.1) is 0 Å². The molecule has 2 aromatic carbocycles. The quantitative estimate of drug-likeness (QED) is 0.484. The molecule has 6 rings (SSSR count). The Morgan fingerprint density at radius 2 is 1.73 bits per heavy atom. The maximum Gasteiger partial charge on any atom is 0.242 e. The highest BCUT2D eigenvalue weighted by molar-refractivity contribution is 5.83. The second kappa shape index (κ2) is 8.12. The van der Waals surface area contributed by atoms with Gasteiger partial charge in [-0.25, -0.2) is 0 Å². The van der Waals surface area contributed by atoms with Gasteiger partial charge in [0.05, 0.1) is 5.69 Å². The minimum atomic E-state index is 0.139. The minimum absolute atomic E-state index is 0.139. The molecule has 0 unspecified atom stereocenters. The molecule has 1 amide bonds. The molecule has 1 saturated heterocycles. The van der Waals surface area contributed by atoms with Gasteiger partial charge in [-0.05, 0) is 47.9 Å². The van der Waals surface area contributed by atoms with Crippen molar-refractivity contribution in [2.45, 2.75) is 6.54 Å². The molecule has 8 nitrogen and oxygen atoms in total. The third kappa shape index (κ3) is 3.73. The molecule has 2 aliphatic rings. The number of nitrogens with zero attached hydrogens (tertiary/aromatic N) is 5. The van der Waals surface area contributed by atoms with Crippen LogP contribution in [0.1, 0.15) is 0 Å². The number of anilines is 1. The number of fused-ring (bicyclic) bond motifs is 2. The van der Waals surface area contributed by atoms with Gasteiger partial charge in [0.1, 0.15) is 6.54 Å². The summed E-state index contributed by atoms with van der Waals surface area (Å²) in [6, 6.07) is 19.9. The topological polar surface area (TPSA) is 72.7 Å². The van der Waals surface area contributed by atoms with Gasteiger partial charge in [0.25, 0.3) is 0 Å². The van der Waals surface area contributed by atoms with E-state index in [2.05, 4.69) is 21.2 Å². The lowest BCUT2D eigenvalue weighted by Crippen LogP contribution is -2.49. The van der Waals surface area contributed by atoms with Crippen molar-refractivity contribution in [2.75, 3.05) is 37.9 Å². The number of aromatic nitrogens is 3. The minimum Gasteiger partial charge on any atom is -0.454 e. The van der Waals surface area contributed by atoms with Crippen molar-refractivity contribution in [1.82, 2.24) is 19.7 Å². The second-order valence-corrected chi connectivity index (χ2v) is 8.22. The van der Waals surface area contributed by atoms with Crippen molar-refractivity contribution in [3.8, 4) is 22.8 Å². The van der Waals surface area contributed by atoms with Crippen LogP contribution >= 0.6 is 0 Å². The van der Waals surface area contributed by atoms with Gasteiger partial charge in [0.2, 0.25) is 12.7 Å². The fourth-order valence-electron chi connectivity index (χ4n) is 4.41. The molecule has 4 heterocycles. The van der Waals surface area contributed by atoms with E-state index in [1.165, 1.54) is 0 Å². The molecule has 33 heavy (non-hydrogen) atoms. The molecule has 166 valence electrons. The van der Waals surface area contributed by atoms with Gasteiger partial charge in [0, 0.05) is 43.5 Å². The first kappa shape index (κ1) is 19.6. The van der Waals surface area contributed by atoms with Crippen molar-refractivity contribution < 1.29 is 14.3 Å². The summed E-state index contributed by atoms with van der Waals surface area (Å²) in [6.45, 7) is 3.41. The van der Waals surface area contributed by atoms with Crippen molar-refractivity contribution in [3.63, 3.8) is 0 Å². The first-order valence-corrected chi connectivity index (χ1v) is 11.0. The van der Waals surface area contributed by atoms with Crippen LogP contribution in [0.25, 0.3) is 22.2 Å². The Bertz CT molecular complexity index is 1310. The third-order valence-corrected chi connectivity index (χ3v) is 6.26. The van der Waals surface area contributed by atoms with E-state index in [1.807, 2.05) is 70.3 Å². The van der Waals surface area contributed by atoms with Gasteiger partial charge in [-0.1, -0.05) is 18.2 Å². The second-order valence-electron chi connectivity index (χ2n) is 8.22. The molecule has 2 aromatic heterocycles. The van der Waals surface area contributed by atoms with Crippen molar-refractivity contribution in [1.29, 1.82) is 0 Å². The molecule has 0 radical (unpaired) electrons. The van der Waals surface area contributed by atoms with E-state index in [0.717, 1.165) is 52.6 Å². The molecular formula is C25H23N5O3. The van der Waals surface area contributed by atoms with E-state index < -0.39 is 0 Å². The highest BCUT2D eigenvalue weighted by atomic mass is 16.7. The summed E-state index contributed by atoms with van der Waals surface area (Å²) in [5.74, 6) is 2.44.